The number of hydrogen-bond donors (Lipinski definition) is 4. The molecule has 0 bridgehead atoms. The molecule has 0 saturated heterocycles. The van der Waals surface area contributed by atoms with E-state index in [4.69, 9.17) is 4.42 Å². The summed E-state index contributed by atoms with van der Waals surface area (Å²) in [4.78, 5) is 21.0. The number of nitrogens with zero attached hydrogens (tertiary/aromatic N) is 2. The molecule has 2 aromatic carbocycles. The van der Waals surface area contributed by atoms with Crippen molar-refractivity contribution in [2.24, 2.45) is 4.99 Å². The topological polar surface area (TPSA) is 104 Å². The van der Waals surface area contributed by atoms with E-state index in [1.165, 1.54) is 0 Å². The van der Waals surface area contributed by atoms with Gasteiger partial charge >= 0.3 is 6.03 Å². The van der Waals surface area contributed by atoms with Crippen LogP contribution >= 0.6 is 24.0 Å². The molecule has 3 rings (SSSR count). The SMILES string of the molecule is CCNC(=NCc1ccc(NC(=O)NC(C)C)cc1)NCc1coc(-c2ccccc2)n1.I. The van der Waals surface area contributed by atoms with Crippen LogP contribution in [0.2, 0.25) is 0 Å². The maximum absolute atomic E-state index is 11.8. The monoisotopic (exact) mass is 562 g/mol. The highest BCUT2D eigenvalue weighted by Gasteiger charge is 2.07. The van der Waals surface area contributed by atoms with Crippen LogP contribution in [-0.2, 0) is 13.1 Å². The Morgan fingerprint density at radius 3 is 2.45 bits per heavy atom. The highest BCUT2D eigenvalue weighted by molar-refractivity contribution is 14.0. The zero-order valence-corrected chi connectivity index (χ0v) is 21.4. The lowest BCUT2D eigenvalue weighted by atomic mass is 10.2. The molecule has 0 aliphatic heterocycles. The molecule has 9 heteroatoms. The summed E-state index contributed by atoms with van der Waals surface area (Å²) in [6.07, 6.45) is 1.65. The van der Waals surface area contributed by atoms with E-state index in [2.05, 4.69) is 31.2 Å². The van der Waals surface area contributed by atoms with Gasteiger partial charge in [0.05, 0.1) is 18.8 Å². The minimum atomic E-state index is -0.215. The van der Waals surface area contributed by atoms with Crippen molar-refractivity contribution in [3.63, 3.8) is 0 Å². The van der Waals surface area contributed by atoms with E-state index in [1.54, 1.807) is 6.26 Å². The Kier molecular flexibility index (Phi) is 10.7. The van der Waals surface area contributed by atoms with E-state index in [0.717, 1.165) is 29.1 Å². The second-order valence-corrected chi connectivity index (χ2v) is 7.51. The summed E-state index contributed by atoms with van der Waals surface area (Å²) in [7, 11) is 0. The van der Waals surface area contributed by atoms with Gasteiger partial charge in [-0.3, -0.25) is 0 Å². The van der Waals surface area contributed by atoms with Gasteiger partial charge in [0.2, 0.25) is 5.89 Å². The maximum atomic E-state index is 11.8. The minimum absolute atomic E-state index is 0. The van der Waals surface area contributed by atoms with Crippen molar-refractivity contribution in [1.82, 2.24) is 20.9 Å². The Balaban J connectivity index is 0.00000385. The summed E-state index contributed by atoms with van der Waals surface area (Å²) >= 11 is 0. The van der Waals surface area contributed by atoms with Gasteiger partial charge in [-0.1, -0.05) is 30.3 Å². The normalized spacial score (nSPS) is 11.0. The number of anilines is 1. The Labute approximate surface area is 211 Å². The molecule has 0 radical (unpaired) electrons. The van der Waals surface area contributed by atoms with Crippen molar-refractivity contribution in [2.75, 3.05) is 11.9 Å². The molecular formula is C24H31IN6O2. The summed E-state index contributed by atoms with van der Waals surface area (Å²) < 4.78 is 5.59. The highest BCUT2D eigenvalue weighted by Crippen LogP contribution is 2.17. The first-order chi connectivity index (χ1) is 15.5. The van der Waals surface area contributed by atoms with Crippen molar-refractivity contribution in [1.29, 1.82) is 0 Å². The van der Waals surface area contributed by atoms with Crippen LogP contribution in [0.4, 0.5) is 10.5 Å². The van der Waals surface area contributed by atoms with Gasteiger partial charge in [-0.05, 0) is 50.6 Å². The summed E-state index contributed by atoms with van der Waals surface area (Å²) in [5.41, 5.74) is 3.51. The van der Waals surface area contributed by atoms with Crippen LogP contribution in [-0.4, -0.2) is 29.6 Å². The molecule has 0 fully saturated rings. The molecular weight excluding hydrogens is 531 g/mol. The molecule has 8 nitrogen and oxygen atoms in total. The highest BCUT2D eigenvalue weighted by atomic mass is 127. The Bertz CT molecular complexity index is 1020. The zero-order chi connectivity index (χ0) is 22.8. The zero-order valence-electron chi connectivity index (χ0n) is 19.1. The summed E-state index contributed by atoms with van der Waals surface area (Å²) in [6.45, 7) is 7.60. The van der Waals surface area contributed by atoms with Gasteiger partial charge in [0.1, 0.15) is 6.26 Å². The summed E-state index contributed by atoms with van der Waals surface area (Å²) in [6, 6.07) is 17.3. The molecule has 0 aliphatic carbocycles. The third-order valence-corrected chi connectivity index (χ3v) is 4.40. The number of rotatable bonds is 8. The number of oxazole rings is 1. The first kappa shape index (κ1) is 26.2. The molecule has 3 aromatic rings. The fraction of sp³-hybridized carbons (Fsp3) is 0.292. The van der Waals surface area contributed by atoms with Crippen molar-refractivity contribution >= 4 is 41.7 Å². The van der Waals surface area contributed by atoms with Crippen LogP contribution in [0.15, 0.2) is 70.3 Å². The maximum Gasteiger partial charge on any atom is 0.319 e. The number of urea groups is 1. The van der Waals surface area contributed by atoms with Crippen LogP contribution in [0.25, 0.3) is 11.5 Å². The summed E-state index contributed by atoms with van der Waals surface area (Å²) in [5.74, 6) is 1.29. The van der Waals surface area contributed by atoms with E-state index in [9.17, 15) is 4.79 Å². The number of amides is 2. The quantitative estimate of drug-likeness (QED) is 0.180. The molecule has 33 heavy (non-hydrogen) atoms. The number of aromatic nitrogens is 1. The molecule has 0 aliphatic rings. The predicted octanol–water partition coefficient (Wildman–Crippen LogP) is 4.74. The minimum Gasteiger partial charge on any atom is -0.444 e. The Morgan fingerprint density at radius 2 is 1.79 bits per heavy atom. The van der Waals surface area contributed by atoms with Crippen LogP contribution in [0.1, 0.15) is 32.0 Å². The first-order valence-electron chi connectivity index (χ1n) is 10.7. The second-order valence-electron chi connectivity index (χ2n) is 7.51. The largest absolute Gasteiger partial charge is 0.444 e. The van der Waals surface area contributed by atoms with Gasteiger partial charge < -0.3 is 25.7 Å². The van der Waals surface area contributed by atoms with Crippen LogP contribution in [0.5, 0.6) is 0 Å². The lowest BCUT2D eigenvalue weighted by molar-refractivity contribution is 0.250. The molecule has 176 valence electrons. The van der Waals surface area contributed by atoms with Crippen molar-refractivity contribution in [3.8, 4) is 11.5 Å². The Morgan fingerprint density at radius 1 is 1.06 bits per heavy atom. The first-order valence-corrected chi connectivity index (χ1v) is 10.7. The van der Waals surface area contributed by atoms with Gasteiger partial charge in [-0.15, -0.1) is 24.0 Å². The molecule has 0 atom stereocenters. The molecule has 0 saturated carbocycles. The number of carbonyl (C=O) groups excluding carboxylic acids is 1. The van der Waals surface area contributed by atoms with Gasteiger partial charge in [0.25, 0.3) is 0 Å². The molecule has 1 aromatic heterocycles. The number of aliphatic imine (C=N–C) groups is 1. The predicted molar refractivity (Wildman–Crippen MR) is 143 cm³/mol. The van der Waals surface area contributed by atoms with E-state index >= 15 is 0 Å². The standard InChI is InChI=1S/C24H30N6O2.HI/c1-4-25-23(27-15-21-16-32-22(29-21)19-8-6-5-7-9-19)26-14-18-10-12-20(13-11-18)30-24(31)28-17(2)3;/h5-13,16-17H,4,14-15H2,1-3H3,(H2,25,26,27)(H2,28,30,31);1H. The smallest absolute Gasteiger partial charge is 0.319 e. The van der Waals surface area contributed by atoms with E-state index in [0.29, 0.717) is 24.9 Å². The second kappa shape index (κ2) is 13.5. The van der Waals surface area contributed by atoms with Crippen molar-refractivity contribution < 1.29 is 9.21 Å². The van der Waals surface area contributed by atoms with E-state index in [1.807, 2.05) is 75.4 Å². The number of guanidine groups is 1. The lowest BCUT2D eigenvalue weighted by Gasteiger charge is -2.11. The number of halogens is 1. The van der Waals surface area contributed by atoms with Crippen LogP contribution < -0.4 is 21.3 Å². The molecule has 1 heterocycles. The van der Waals surface area contributed by atoms with Crippen molar-refractivity contribution in [2.45, 2.75) is 39.9 Å². The van der Waals surface area contributed by atoms with Gasteiger partial charge in [0.15, 0.2) is 5.96 Å². The van der Waals surface area contributed by atoms with Gasteiger partial charge in [-0.2, -0.15) is 0 Å². The lowest BCUT2D eigenvalue weighted by Crippen LogP contribution is -2.36. The van der Waals surface area contributed by atoms with Crippen LogP contribution in [0, 0.1) is 0 Å². The number of carbonyl (C=O) groups is 1. The molecule has 0 unspecified atom stereocenters. The van der Waals surface area contributed by atoms with E-state index in [-0.39, 0.29) is 36.0 Å². The Hall–Kier alpha value is -3.08. The van der Waals surface area contributed by atoms with Gasteiger partial charge in [0, 0.05) is 23.8 Å². The number of nitrogens with one attached hydrogen (secondary N) is 4. The molecule has 2 amide bonds. The fourth-order valence-electron chi connectivity index (χ4n) is 2.91. The third-order valence-electron chi connectivity index (χ3n) is 4.40. The average molecular weight is 562 g/mol. The van der Waals surface area contributed by atoms with Crippen LogP contribution in [0.3, 0.4) is 0 Å². The van der Waals surface area contributed by atoms with Gasteiger partial charge in [-0.25, -0.2) is 14.8 Å². The third kappa shape index (κ3) is 8.76. The number of benzene rings is 2. The molecule has 4 N–H and O–H groups in total. The summed E-state index contributed by atoms with van der Waals surface area (Å²) in [5, 5.41) is 12.1. The molecule has 0 spiro atoms. The van der Waals surface area contributed by atoms with E-state index < -0.39 is 0 Å². The van der Waals surface area contributed by atoms with Crippen molar-refractivity contribution in [3.05, 3.63) is 72.1 Å². The number of hydrogen-bond acceptors (Lipinski definition) is 4. The average Bonchev–Trinajstić information content (AvgIpc) is 3.26. The fourth-order valence-corrected chi connectivity index (χ4v) is 2.91.